The number of benzene rings is 1. The second-order valence-corrected chi connectivity index (χ2v) is 6.04. The lowest BCUT2D eigenvalue weighted by Gasteiger charge is -2.34. The maximum Gasteiger partial charge on any atom is 0.237 e. The van der Waals surface area contributed by atoms with E-state index in [1.54, 1.807) is 14.2 Å². The van der Waals surface area contributed by atoms with Gasteiger partial charge in [0.15, 0.2) is 0 Å². The van der Waals surface area contributed by atoms with Crippen LogP contribution in [-0.2, 0) is 16.1 Å². The Bertz CT molecular complexity index is 545. The van der Waals surface area contributed by atoms with Crippen LogP contribution in [0.3, 0.4) is 0 Å². The van der Waals surface area contributed by atoms with E-state index in [2.05, 4.69) is 15.5 Å². The molecule has 6 nitrogen and oxygen atoms in total. The van der Waals surface area contributed by atoms with E-state index in [4.69, 9.17) is 4.74 Å². The van der Waals surface area contributed by atoms with Crippen LogP contribution in [0.4, 0.5) is 0 Å². The van der Waals surface area contributed by atoms with Crippen molar-refractivity contribution in [3.05, 3.63) is 29.8 Å². The van der Waals surface area contributed by atoms with Crippen LogP contribution in [0.15, 0.2) is 24.3 Å². The van der Waals surface area contributed by atoms with Gasteiger partial charge in [-0.25, -0.2) is 0 Å². The molecule has 2 N–H and O–H groups in total. The fourth-order valence-electron chi connectivity index (χ4n) is 3.00. The first-order chi connectivity index (χ1) is 11.6. The number of carbonyl (C=O) groups excluding carboxylic acids is 2. The SMILES string of the molecule is CNC(=O)[C@H]1CCCCN1CCC(=O)NCc1ccc(OC)cc1. The van der Waals surface area contributed by atoms with Crippen molar-refractivity contribution in [2.24, 2.45) is 0 Å². The summed E-state index contributed by atoms with van der Waals surface area (Å²) in [6.45, 7) is 2.00. The van der Waals surface area contributed by atoms with Crippen molar-refractivity contribution in [1.82, 2.24) is 15.5 Å². The molecule has 1 saturated heterocycles. The van der Waals surface area contributed by atoms with Crippen LogP contribution in [-0.4, -0.2) is 50.0 Å². The highest BCUT2D eigenvalue weighted by atomic mass is 16.5. The summed E-state index contributed by atoms with van der Waals surface area (Å²) < 4.78 is 5.11. The molecule has 0 unspecified atom stereocenters. The van der Waals surface area contributed by atoms with Crippen molar-refractivity contribution in [3.63, 3.8) is 0 Å². The molecule has 132 valence electrons. The summed E-state index contributed by atoms with van der Waals surface area (Å²) in [6, 6.07) is 7.53. The first-order valence-electron chi connectivity index (χ1n) is 8.49. The molecule has 24 heavy (non-hydrogen) atoms. The van der Waals surface area contributed by atoms with Gasteiger partial charge in [-0.1, -0.05) is 18.6 Å². The molecule has 0 radical (unpaired) electrons. The number of piperidine rings is 1. The van der Waals surface area contributed by atoms with Gasteiger partial charge < -0.3 is 15.4 Å². The minimum Gasteiger partial charge on any atom is -0.497 e. The van der Waals surface area contributed by atoms with Crippen molar-refractivity contribution >= 4 is 11.8 Å². The quantitative estimate of drug-likeness (QED) is 0.789. The van der Waals surface area contributed by atoms with Gasteiger partial charge in [0.1, 0.15) is 5.75 Å². The van der Waals surface area contributed by atoms with Crippen molar-refractivity contribution in [3.8, 4) is 5.75 Å². The fourth-order valence-corrected chi connectivity index (χ4v) is 3.00. The predicted octanol–water partition coefficient (Wildman–Crippen LogP) is 1.30. The Labute approximate surface area is 143 Å². The maximum absolute atomic E-state index is 12.1. The molecule has 1 aromatic rings. The molecule has 0 aliphatic carbocycles. The first kappa shape index (κ1) is 18.3. The van der Waals surface area contributed by atoms with Crippen LogP contribution < -0.4 is 15.4 Å². The predicted molar refractivity (Wildman–Crippen MR) is 92.7 cm³/mol. The average Bonchev–Trinajstić information content (AvgIpc) is 2.64. The Morgan fingerprint density at radius 2 is 2.00 bits per heavy atom. The van der Waals surface area contributed by atoms with Gasteiger partial charge in [-0.2, -0.15) is 0 Å². The summed E-state index contributed by atoms with van der Waals surface area (Å²) in [7, 11) is 3.29. The van der Waals surface area contributed by atoms with Gasteiger partial charge in [0.05, 0.1) is 13.2 Å². The third-order valence-electron chi connectivity index (χ3n) is 4.44. The summed E-state index contributed by atoms with van der Waals surface area (Å²) in [4.78, 5) is 26.1. The van der Waals surface area contributed by atoms with Gasteiger partial charge in [0.2, 0.25) is 11.8 Å². The molecular formula is C18H27N3O3. The smallest absolute Gasteiger partial charge is 0.237 e. The third-order valence-corrected chi connectivity index (χ3v) is 4.44. The van der Waals surface area contributed by atoms with Gasteiger partial charge in [-0.15, -0.1) is 0 Å². The fraction of sp³-hybridized carbons (Fsp3) is 0.556. The van der Waals surface area contributed by atoms with Crippen LogP contribution in [0.5, 0.6) is 5.75 Å². The number of methoxy groups -OCH3 is 1. The lowest BCUT2D eigenvalue weighted by molar-refractivity contribution is -0.128. The minimum atomic E-state index is -0.0989. The molecule has 1 aliphatic rings. The highest BCUT2D eigenvalue weighted by molar-refractivity contribution is 5.81. The first-order valence-corrected chi connectivity index (χ1v) is 8.49. The highest BCUT2D eigenvalue weighted by Gasteiger charge is 2.27. The zero-order chi connectivity index (χ0) is 17.4. The Kier molecular flexibility index (Phi) is 7.06. The summed E-state index contributed by atoms with van der Waals surface area (Å²) >= 11 is 0. The van der Waals surface area contributed by atoms with Gasteiger partial charge in [-0.05, 0) is 37.1 Å². The molecule has 0 aromatic heterocycles. The third kappa shape index (κ3) is 5.23. The van der Waals surface area contributed by atoms with E-state index in [9.17, 15) is 9.59 Å². The van der Waals surface area contributed by atoms with E-state index in [0.29, 0.717) is 19.5 Å². The van der Waals surface area contributed by atoms with Gasteiger partial charge in [0.25, 0.3) is 0 Å². The molecule has 2 amide bonds. The molecule has 0 bridgehead atoms. The molecule has 0 spiro atoms. The Hall–Kier alpha value is -2.08. The van der Waals surface area contributed by atoms with Crippen molar-refractivity contribution in [2.75, 3.05) is 27.2 Å². The van der Waals surface area contributed by atoms with E-state index in [1.165, 1.54) is 0 Å². The lowest BCUT2D eigenvalue weighted by Crippen LogP contribution is -2.49. The van der Waals surface area contributed by atoms with Crippen LogP contribution in [0.1, 0.15) is 31.2 Å². The second kappa shape index (κ2) is 9.27. The summed E-state index contributed by atoms with van der Waals surface area (Å²) in [5, 5.41) is 5.64. The van der Waals surface area contributed by atoms with E-state index in [0.717, 1.165) is 37.1 Å². The minimum absolute atomic E-state index is 0.00653. The standard InChI is InChI=1S/C18H27N3O3/c1-19-18(23)16-5-3-4-11-21(16)12-10-17(22)20-13-14-6-8-15(24-2)9-7-14/h6-9,16H,3-5,10-13H2,1-2H3,(H,19,23)(H,20,22)/t16-/m1/s1. The van der Waals surface area contributed by atoms with Crippen molar-refractivity contribution in [2.45, 2.75) is 38.3 Å². The zero-order valence-corrected chi connectivity index (χ0v) is 14.5. The number of ether oxygens (including phenoxy) is 1. The number of nitrogens with zero attached hydrogens (tertiary/aromatic N) is 1. The van der Waals surface area contributed by atoms with E-state index in [-0.39, 0.29) is 17.9 Å². The maximum atomic E-state index is 12.1. The molecule has 6 heteroatoms. The number of amides is 2. The van der Waals surface area contributed by atoms with Crippen molar-refractivity contribution in [1.29, 1.82) is 0 Å². The molecule has 1 aliphatic heterocycles. The number of hydrogen-bond acceptors (Lipinski definition) is 4. The average molecular weight is 333 g/mol. The van der Waals surface area contributed by atoms with Gasteiger partial charge in [0, 0.05) is 26.6 Å². The highest BCUT2D eigenvalue weighted by Crippen LogP contribution is 2.17. The normalized spacial score (nSPS) is 18.0. The number of nitrogens with one attached hydrogen (secondary N) is 2. The number of likely N-dealkylation sites (tertiary alicyclic amines) is 1. The molecule has 1 fully saturated rings. The number of likely N-dealkylation sites (N-methyl/N-ethyl adjacent to an activating group) is 1. The summed E-state index contributed by atoms with van der Waals surface area (Å²) in [6.07, 6.45) is 3.43. The summed E-state index contributed by atoms with van der Waals surface area (Å²) in [5.41, 5.74) is 1.03. The number of carbonyl (C=O) groups is 2. The van der Waals surface area contributed by atoms with Gasteiger partial charge in [-0.3, -0.25) is 14.5 Å². The molecule has 2 rings (SSSR count). The van der Waals surface area contributed by atoms with Crippen molar-refractivity contribution < 1.29 is 14.3 Å². The Balaban J connectivity index is 1.76. The second-order valence-electron chi connectivity index (χ2n) is 6.04. The molecule has 1 aromatic carbocycles. The van der Waals surface area contributed by atoms with Crippen LogP contribution >= 0.6 is 0 Å². The Morgan fingerprint density at radius 3 is 2.67 bits per heavy atom. The number of rotatable bonds is 7. The monoisotopic (exact) mass is 333 g/mol. The van der Waals surface area contributed by atoms with E-state index in [1.807, 2.05) is 24.3 Å². The van der Waals surface area contributed by atoms with E-state index < -0.39 is 0 Å². The van der Waals surface area contributed by atoms with Gasteiger partial charge >= 0.3 is 0 Å². The zero-order valence-electron chi connectivity index (χ0n) is 14.5. The molecule has 1 atom stereocenters. The van der Waals surface area contributed by atoms with E-state index >= 15 is 0 Å². The summed E-state index contributed by atoms with van der Waals surface area (Å²) in [5.74, 6) is 0.857. The molecule has 1 heterocycles. The Morgan fingerprint density at radius 1 is 1.25 bits per heavy atom. The number of hydrogen-bond donors (Lipinski definition) is 2. The lowest BCUT2D eigenvalue weighted by atomic mass is 10.0. The van der Waals surface area contributed by atoms with Crippen LogP contribution in [0, 0.1) is 0 Å². The van der Waals surface area contributed by atoms with Crippen LogP contribution in [0.2, 0.25) is 0 Å². The van der Waals surface area contributed by atoms with Crippen LogP contribution in [0.25, 0.3) is 0 Å². The molecular weight excluding hydrogens is 306 g/mol. The topological polar surface area (TPSA) is 70.7 Å². The largest absolute Gasteiger partial charge is 0.497 e. The molecule has 0 saturated carbocycles.